The third-order valence-corrected chi connectivity index (χ3v) is 5.77. The molecule has 5 unspecified atom stereocenters. The van der Waals surface area contributed by atoms with Crippen LogP contribution in [-0.4, -0.2) is 36.1 Å². The average molecular weight is 266 g/mol. The smallest absolute Gasteiger partial charge is 0.0124 e. The van der Waals surface area contributed by atoms with Crippen LogP contribution in [0.2, 0.25) is 0 Å². The molecule has 1 heterocycles. The summed E-state index contributed by atoms with van der Waals surface area (Å²) in [5.74, 6) is 1.69. The van der Waals surface area contributed by atoms with E-state index in [1.807, 2.05) is 0 Å². The molecule has 2 fully saturated rings. The van der Waals surface area contributed by atoms with Crippen LogP contribution in [0.15, 0.2) is 0 Å². The maximum Gasteiger partial charge on any atom is 0.0124 e. The first-order valence-electron chi connectivity index (χ1n) is 8.64. The van der Waals surface area contributed by atoms with Crippen LogP contribution in [0.25, 0.3) is 0 Å². The van der Waals surface area contributed by atoms with Crippen molar-refractivity contribution < 1.29 is 0 Å². The predicted molar refractivity (Wildman–Crippen MR) is 83.5 cm³/mol. The van der Waals surface area contributed by atoms with Crippen LogP contribution in [0.1, 0.15) is 66.2 Å². The zero-order valence-corrected chi connectivity index (χ0v) is 13.5. The van der Waals surface area contributed by atoms with E-state index in [1.54, 1.807) is 0 Å². The van der Waals surface area contributed by atoms with Gasteiger partial charge in [-0.3, -0.25) is 4.90 Å². The summed E-state index contributed by atoms with van der Waals surface area (Å²) in [5, 5.41) is 3.76. The fourth-order valence-electron chi connectivity index (χ4n) is 4.27. The van der Waals surface area contributed by atoms with Gasteiger partial charge < -0.3 is 5.32 Å². The van der Waals surface area contributed by atoms with Crippen molar-refractivity contribution in [2.75, 3.05) is 13.1 Å². The van der Waals surface area contributed by atoms with Crippen LogP contribution in [0, 0.1) is 11.8 Å². The molecule has 112 valence electrons. The van der Waals surface area contributed by atoms with Crippen molar-refractivity contribution in [3.8, 4) is 0 Å². The molecule has 1 N–H and O–H groups in total. The summed E-state index contributed by atoms with van der Waals surface area (Å²) >= 11 is 0. The molecule has 1 aliphatic carbocycles. The van der Waals surface area contributed by atoms with Crippen molar-refractivity contribution in [1.29, 1.82) is 0 Å². The highest BCUT2D eigenvalue weighted by Gasteiger charge is 2.37. The van der Waals surface area contributed by atoms with Gasteiger partial charge in [-0.15, -0.1) is 0 Å². The molecule has 5 atom stereocenters. The van der Waals surface area contributed by atoms with Gasteiger partial charge in [0.2, 0.25) is 0 Å². The molecule has 0 aromatic rings. The summed E-state index contributed by atoms with van der Waals surface area (Å²) in [6.07, 6.45) is 8.38. The van der Waals surface area contributed by atoms with Crippen molar-refractivity contribution in [1.82, 2.24) is 10.2 Å². The number of hydrogen-bond donors (Lipinski definition) is 1. The Morgan fingerprint density at radius 1 is 1.05 bits per heavy atom. The quantitative estimate of drug-likeness (QED) is 0.835. The lowest BCUT2D eigenvalue weighted by Crippen LogP contribution is -2.58. The zero-order chi connectivity index (χ0) is 13.8. The number of hydrogen-bond acceptors (Lipinski definition) is 2. The SMILES string of the molecule is CCCNC1CCN(C2CCCCC2C)C(C)C1C. The molecular formula is C17H34N2. The average Bonchev–Trinajstić information content (AvgIpc) is 2.42. The van der Waals surface area contributed by atoms with Crippen LogP contribution in [0.4, 0.5) is 0 Å². The molecule has 0 bridgehead atoms. The molecule has 1 saturated carbocycles. The second-order valence-corrected chi connectivity index (χ2v) is 7.02. The molecule has 2 rings (SSSR count). The Bertz CT molecular complexity index is 266. The van der Waals surface area contributed by atoms with E-state index in [2.05, 4.69) is 37.9 Å². The molecular weight excluding hydrogens is 232 g/mol. The highest BCUT2D eigenvalue weighted by Crippen LogP contribution is 2.34. The van der Waals surface area contributed by atoms with Crippen molar-refractivity contribution >= 4 is 0 Å². The molecule has 1 aliphatic heterocycles. The molecule has 19 heavy (non-hydrogen) atoms. The van der Waals surface area contributed by atoms with Gasteiger partial charge in [-0.1, -0.05) is 33.6 Å². The minimum absolute atomic E-state index is 0.741. The fraction of sp³-hybridized carbons (Fsp3) is 1.00. The monoisotopic (exact) mass is 266 g/mol. The van der Waals surface area contributed by atoms with Gasteiger partial charge >= 0.3 is 0 Å². The standard InChI is InChI=1S/C17H34N2/c1-5-11-18-16-10-12-19(15(4)14(16)3)17-9-7-6-8-13(17)2/h13-18H,5-12H2,1-4H3. The van der Waals surface area contributed by atoms with Gasteiger partial charge in [0.1, 0.15) is 0 Å². The van der Waals surface area contributed by atoms with Gasteiger partial charge in [0, 0.05) is 24.7 Å². The minimum Gasteiger partial charge on any atom is -0.314 e. The molecule has 0 aromatic carbocycles. The van der Waals surface area contributed by atoms with Gasteiger partial charge in [0.25, 0.3) is 0 Å². The Morgan fingerprint density at radius 2 is 1.79 bits per heavy atom. The molecule has 1 saturated heterocycles. The lowest BCUT2D eigenvalue weighted by atomic mass is 9.80. The lowest BCUT2D eigenvalue weighted by molar-refractivity contribution is 0.0111. The Hall–Kier alpha value is -0.0800. The van der Waals surface area contributed by atoms with Crippen LogP contribution in [0.5, 0.6) is 0 Å². The van der Waals surface area contributed by atoms with Gasteiger partial charge in [-0.05, 0) is 51.0 Å². The number of rotatable bonds is 4. The minimum atomic E-state index is 0.741. The van der Waals surface area contributed by atoms with Gasteiger partial charge in [0.15, 0.2) is 0 Å². The Labute approximate surface area is 120 Å². The molecule has 0 spiro atoms. The second kappa shape index (κ2) is 7.08. The third-order valence-electron chi connectivity index (χ3n) is 5.77. The van der Waals surface area contributed by atoms with Crippen LogP contribution >= 0.6 is 0 Å². The van der Waals surface area contributed by atoms with Crippen molar-refractivity contribution in [3.05, 3.63) is 0 Å². The molecule has 0 amide bonds. The Kier molecular flexibility index (Phi) is 5.70. The van der Waals surface area contributed by atoms with E-state index in [0.717, 1.165) is 30.0 Å². The lowest BCUT2D eigenvalue weighted by Gasteiger charge is -2.49. The number of nitrogens with zero attached hydrogens (tertiary/aromatic N) is 1. The largest absolute Gasteiger partial charge is 0.314 e. The molecule has 2 heteroatoms. The second-order valence-electron chi connectivity index (χ2n) is 7.02. The van der Waals surface area contributed by atoms with Gasteiger partial charge in [-0.2, -0.15) is 0 Å². The summed E-state index contributed by atoms with van der Waals surface area (Å²) < 4.78 is 0. The number of likely N-dealkylation sites (tertiary alicyclic amines) is 1. The number of piperidine rings is 1. The molecule has 0 radical (unpaired) electrons. The highest BCUT2D eigenvalue weighted by molar-refractivity contribution is 4.93. The third kappa shape index (κ3) is 3.52. The Morgan fingerprint density at radius 3 is 2.47 bits per heavy atom. The summed E-state index contributed by atoms with van der Waals surface area (Å²) in [5.41, 5.74) is 0. The van der Waals surface area contributed by atoms with Crippen molar-refractivity contribution in [2.45, 2.75) is 84.3 Å². The molecule has 0 aromatic heterocycles. The first-order valence-corrected chi connectivity index (χ1v) is 8.64. The normalized spacial score (nSPS) is 41.4. The van der Waals surface area contributed by atoms with E-state index >= 15 is 0 Å². The Balaban J connectivity index is 1.94. The molecule has 2 aliphatic rings. The highest BCUT2D eigenvalue weighted by atomic mass is 15.2. The van der Waals surface area contributed by atoms with E-state index in [1.165, 1.54) is 51.6 Å². The summed E-state index contributed by atoms with van der Waals surface area (Å²) in [7, 11) is 0. The summed E-state index contributed by atoms with van der Waals surface area (Å²) in [4.78, 5) is 2.85. The van der Waals surface area contributed by atoms with E-state index in [0.29, 0.717) is 0 Å². The zero-order valence-electron chi connectivity index (χ0n) is 13.5. The van der Waals surface area contributed by atoms with E-state index in [4.69, 9.17) is 0 Å². The van der Waals surface area contributed by atoms with Crippen LogP contribution < -0.4 is 5.32 Å². The van der Waals surface area contributed by atoms with E-state index in [9.17, 15) is 0 Å². The topological polar surface area (TPSA) is 15.3 Å². The first kappa shape index (κ1) is 15.3. The summed E-state index contributed by atoms with van der Waals surface area (Å²) in [6.45, 7) is 12.1. The van der Waals surface area contributed by atoms with Gasteiger partial charge in [0.05, 0.1) is 0 Å². The van der Waals surface area contributed by atoms with E-state index in [-0.39, 0.29) is 0 Å². The van der Waals surface area contributed by atoms with Crippen LogP contribution in [-0.2, 0) is 0 Å². The van der Waals surface area contributed by atoms with Crippen molar-refractivity contribution in [2.24, 2.45) is 11.8 Å². The first-order chi connectivity index (χ1) is 9.15. The molecule has 2 nitrogen and oxygen atoms in total. The van der Waals surface area contributed by atoms with E-state index < -0.39 is 0 Å². The fourth-order valence-corrected chi connectivity index (χ4v) is 4.27. The predicted octanol–water partition coefficient (Wildman–Crippen LogP) is 3.66. The van der Waals surface area contributed by atoms with Crippen molar-refractivity contribution in [3.63, 3.8) is 0 Å². The van der Waals surface area contributed by atoms with Gasteiger partial charge in [-0.25, -0.2) is 0 Å². The maximum atomic E-state index is 3.76. The summed E-state index contributed by atoms with van der Waals surface area (Å²) in [6, 6.07) is 2.34. The van der Waals surface area contributed by atoms with Crippen LogP contribution in [0.3, 0.4) is 0 Å². The number of nitrogens with one attached hydrogen (secondary N) is 1. The maximum absolute atomic E-state index is 3.76.